The molecule has 0 heterocycles. The highest BCUT2D eigenvalue weighted by Crippen LogP contribution is 2.15. The van der Waals surface area contributed by atoms with Crippen molar-refractivity contribution in [2.75, 3.05) is 13.2 Å². The molecule has 0 aliphatic carbocycles. The van der Waals surface area contributed by atoms with Gasteiger partial charge in [-0.15, -0.1) is 0 Å². The normalized spacial score (nSPS) is 11.5. The van der Waals surface area contributed by atoms with Crippen molar-refractivity contribution in [3.8, 4) is 0 Å². The van der Waals surface area contributed by atoms with E-state index in [1.165, 1.54) is 109 Å². The zero-order chi connectivity index (χ0) is 25.0. The van der Waals surface area contributed by atoms with Crippen molar-refractivity contribution in [2.24, 2.45) is 0 Å². The molecule has 3 heteroatoms. The van der Waals surface area contributed by atoms with Crippen LogP contribution < -0.4 is 0 Å². The van der Waals surface area contributed by atoms with Gasteiger partial charge in [0.1, 0.15) is 5.78 Å². The first kappa shape index (κ1) is 33.6. The zero-order valence-corrected chi connectivity index (χ0v) is 23.7. The van der Waals surface area contributed by atoms with Gasteiger partial charge < -0.3 is 9.47 Å². The van der Waals surface area contributed by atoms with Gasteiger partial charge in [-0.3, -0.25) is 4.79 Å². The number of carbonyl (C=O) groups is 1. The van der Waals surface area contributed by atoms with Crippen LogP contribution in [0, 0.1) is 0 Å². The van der Waals surface area contributed by atoms with Gasteiger partial charge in [-0.2, -0.15) is 0 Å². The second kappa shape index (κ2) is 28.8. The summed E-state index contributed by atoms with van der Waals surface area (Å²) < 4.78 is 12.3. The molecule has 204 valence electrons. The molecule has 0 bridgehead atoms. The van der Waals surface area contributed by atoms with Crippen molar-refractivity contribution >= 4 is 5.78 Å². The number of unbranched alkanes of at least 4 members (excludes halogenated alkanes) is 17. The Hall–Kier alpha value is -0.410. The van der Waals surface area contributed by atoms with E-state index in [4.69, 9.17) is 9.47 Å². The Morgan fingerprint density at radius 3 is 1.29 bits per heavy atom. The number of rotatable bonds is 29. The Labute approximate surface area is 214 Å². The summed E-state index contributed by atoms with van der Waals surface area (Å²) in [6.45, 7) is 8.43. The first-order valence-electron chi connectivity index (χ1n) is 15.5. The minimum absolute atomic E-state index is 0.0176. The number of Topliss-reactive ketones (excluding diaryl/α,β-unsaturated/α-hetero) is 1. The Bertz CT molecular complexity index is 378. The van der Waals surface area contributed by atoms with Crippen molar-refractivity contribution in [3.05, 3.63) is 0 Å². The van der Waals surface area contributed by atoms with Gasteiger partial charge in [0.05, 0.1) is 0 Å². The summed E-state index contributed by atoms with van der Waals surface area (Å²) in [6.07, 6.45) is 28.9. The van der Waals surface area contributed by atoms with E-state index in [2.05, 4.69) is 20.8 Å². The number of ether oxygens (including phenoxy) is 2. The van der Waals surface area contributed by atoms with Crippen LogP contribution >= 0.6 is 0 Å². The van der Waals surface area contributed by atoms with Crippen LogP contribution in [-0.2, 0) is 14.3 Å². The molecule has 0 aromatic rings. The molecule has 0 aromatic heterocycles. The molecule has 0 saturated heterocycles. The number of hydrogen-bond donors (Lipinski definition) is 0. The molecule has 0 amide bonds. The number of carbonyl (C=O) groups excluding carboxylic acids is 1. The third kappa shape index (κ3) is 26.2. The standard InChI is InChI=1S/C31H62O3/c1-4-7-10-13-18-23-28-33-31(34-29-24-19-14-11-8-5-2)27-22-17-15-16-21-26-30(32)25-20-12-9-6-3/h31H,4-29H2,1-3H3. The first-order valence-corrected chi connectivity index (χ1v) is 15.5. The highest BCUT2D eigenvalue weighted by atomic mass is 16.7. The number of hydrogen-bond acceptors (Lipinski definition) is 3. The largest absolute Gasteiger partial charge is 0.353 e. The van der Waals surface area contributed by atoms with Crippen molar-refractivity contribution in [3.63, 3.8) is 0 Å². The van der Waals surface area contributed by atoms with E-state index in [-0.39, 0.29) is 6.29 Å². The highest BCUT2D eigenvalue weighted by molar-refractivity contribution is 5.78. The topological polar surface area (TPSA) is 35.5 Å². The lowest BCUT2D eigenvalue weighted by Crippen LogP contribution is -2.19. The second-order valence-electron chi connectivity index (χ2n) is 10.4. The van der Waals surface area contributed by atoms with E-state index < -0.39 is 0 Å². The fourth-order valence-corrected chi connectivity index (χ4v) is 4.45. The van der Waals surface area contributed by atoms with Crippen LogP contribution in [0.3, 0.4) is 0 Å². The summed E-state index contributed by atoms with van der Waals surface area (Å²) >= 11 is 0. The van der Waals surface area contributed by atoms with Gasteiger partial charge in [-0.25, -0.2) is 0 Å². The quantitative estimate of drug-likeness (QED) is 0.0785. The lowest BCUT2D eigenvalue weighted by molar-refractivity contribution is -0.148. The summed E-state index contributed by atoms with van der Waals surface area (Å²) in [5.74, 6) is 0.474. The van der Waals surface area contributed by atoms with Gasteiger partial charge in [0.25, 0.3) is 0 Å². The lowest BCUT2D eigenvalue weighted by atomic mass is 10.0. The summed E-state index contributed by atoms with van der Waals surface area (Å²) in [5, 5.41) is 0. The molecule has 0 aliphatic rings. The first-order chi connectivity index (χ1) is 16.7. The van der Waals surface area contributed by atoms with Crippen molar-refractivity contribution < 1.29 is 14.3 Å². The van der Waals surface area contributed by atoms with Crippen LogP contribution in [0.5, 0.6) is 0 Å². The highest BCUT2D eigenvalue weighted by Gasteiger charge is 2.09. The maximum atomic E-state index is 11.9. The predicted molar refractivity (Wildman–Crippen MR) is 149 cm³/mol. The monoisotopic (exact) mass is 482 g/mol. The molecule has 0 rings (SSSR count). The molecule has 3 nitrogen and oxygen atoms in total. The SMILES string of the molecule is CCCCCCCCOC(CCCCCCCC(=O)CCCCCC)OCCCCCCCC. The van der Waals surface area contributed by atoms with Crippen LogP contribution in [0.1, 0.15) is 175 Å². The van der Waals surface area contributed by atoms with Crippen LogP contribution in [0.2, 0.25) is 0 Å². The maximum absolute atomic E-state index is 11.9. The fourth-order valence-electron chi connectivity index (χ4n) is 4.45. The molecule has 0 unspecified atom stereocenters. The molecule has 0 radical (unpaired) electrons. The van der Waals surface area contributed by atoms with Crippen LogP contribution in [0.15, 0.2) is 0 Å². The molecule has 0 saturated carbocycles. The Kier molecular flexibility index (Phi) is 28.5. The minimum Gasteiger partial charge on any atom is -0.353 e. The van der Waals surface area contributed by atoms with Gasteiger partial charge >= 0.3 is 0 Å². The maximum Gasteiger partial charge on any atom is 0.157 e. The summed E-state index contributed by atoms with van der Waals surface area (Å²) in [5.41, 5.74) is 0. The van der Waals surface area contributed by atoms with E-state index in [0.29, 0.717) is 5.78 Å². The van der Waals surface area contributed by atoms with Crippen LogP contribution in [0.25, 0.3) is 0 Å². The predicted octanol–water partition coefficient (Wildman–Crippen LogP) is 10.3. The Morgan fingerprint density at radius 1 is 0.471 bits per heavy atom. The van der Waals surface area contributed by atoms with E-state index in [1.807, 2.05) is 0 Å². The van der Waals surface area contributed by atoms with Crippen LogP contribution in [0.4, 0.5) is 0 Å². The summed E-state index contributed by atoms with van der Waals surface area (Å²) in [4.78, 5) is 11.9. The van der Waals surface area contributed by atoms with Gasteiger partial charge in [0.15, 0.2) is 6.29 Å². The fraction of sp³-hybridized carbons (Fsp3) is 0.968. The molecule has 0 fully saturated rings. The molecular weight excluding hydrogens is 420 g/mol. The third-order valence-electron chi connectivity index (χ3n) is 6.81. The third-order valence-corrected chi connectivity index (χ3v) is 6.81. The summed E-state index contributed by atoms with van der Waals surface area (Å²) in [6, 6.07) is 0. The Balaban J connectivity index is 3.87. The van der Waals surface area contributed by atoms with Crippen molar-refractivity contribution in [1.29, 1.82) is 0 Å². The van der Waals surface area contributed by atoms with Crippen LogP contribution in [-0.4, -0.2) is 25.3 Å². The second-order valence-corrected chi connectivity index (χ2v) is 10.4. The average Bonchev–Trinajstić information content (AvgIpc) is 2.84. The van der Waals surface area contributed by atoms with E-state index >= 15 is 0 Å². The number of ketones is 1. The molecular formula is C31H62O3. The Morgan fingerprint density at radius 2 is 0.824 bits per heavy atom. The smallest absolute Gasteiger partial charge is 0.157 e. The molecule has 0 atom stereocenters. The zero-order valence-electron chi connectivity index (χ0n) is 23.7. The van der Waals surface area contributed by atoms with Gasteiger partial charge in [0.2, 0.25) is 0 Å². The summed E-state index contributed by atoms with van der Waals surface area (Å²) in [7, 11) is 0. The molecule has 0 aliphatic heterocycles. The molecule has 0 aromatic carbocycles. The van der Waals surface area contributed by atoms with Crippen molar-refractivity contribution in [1.82, 2.24) is 0 Å². The van der Waals surface area contributed by atoms with Gasteiger partial charge in [-0.1, -0.05) is 124 Å². The van der Waals surface area contributed by atoms with E-state index in [1.54, 1.807) is 0 Å². The molecule has 0 N–H and O–H groups in total. The minimum atomic E-state index is -0.0176. The lowest BCUT2D eigenvalue weighted by Gasteiger charge is -2.19. The van der Waals surface area contributed by atoms with Gasteiger partial charge in [0, 0.05) is 26.1 Å². The molecule has 34 heavy (non-hydrogen) atoms. The average molecular weight is 483 g/mol. The van der Waals surface area contributed by atoms with E-state index in [0.717, 1.165) is 58.2 Å². The molecule has 0 spiro atoms. The van der Waals surface area contributed by atoms with E-state index in [9.17, 15) is 4.79 Å². The van der Waals surface area contributed by atoms with Gasteiger partial charge in [-0.05, 0) is 38.5 Å². The van der Waals surface area contributed by atoms with Crippen molar-refractivity contribution in [2.45, 2.75) is 181 Å².